The number of nitrogens with one attached hydrogen (secondary N) is 4. The Morgan fingerprint density at radius 3 is 1.39 bits per heavy atom. The fourth-order valence-electron chi connectivity index (χ4n) is 8.06. The van der Waals surface area contributed by atoms with Crippen LogP contribution < -0.4 is 40.5 Å². The van der Waals surface area contributed by atoms with Gasteiger partial charge in [0.15, 0.2) is 0 Å². The molecule has 0 aliphatic rings. The molecular weight excluding hydrogens is 1110 g/mol. The minimum atomic E-state index is -3.67. The van der Waals surface area contributed by atoms with Crippen LogP contribution in [0.4, 0.5) is 46.0 Å². The Morgan fingerprint density at radius 1 is 0.643 bits per heavy atom. The molecule has 4 aromatic carbocycles. The molecule has 84 heavy (non-hydrogen) atoms. The number of likely N-dealkylation sites (N-methyl/N-ethyl adjacent to an activating group) is 2. The largest absolute Gasteiger partial charge is 0.494 e. The number of hydrogen-bond acceptors (Lipinski definition) is 17. The fraction of sp³-hybridized carbons (Fsp3) is 0.288. The van der Waals surface area contributed by atoms with Crippen LogP contribution in [0.5, 0.6) is 11.5 Å². The Hall–Kier alpha value is -8.88. The monoisotopic (exact) mass is 1200 g/mol. The summed E-state index contributed by atoms with van der Waals surface area (Å²) in [6.45, 7) is 9.10. The first-order chi connectivity index (χ1) is 42.0. The van der Waals surface area contributed by atoms with Gasteiger partial charge < -0.3 is 54.6 Å². The van der Waals surface area contributed by atoms with Crippen molar-refractivity contribution in [1.29, 1.82) is 0 Å². The van der Waals surface area contributed by atoms with Gasteiger partial charge >= 0.3 is 0 Å². The quantitative estimate of drug-likeness (QED) is 0.0306. The summed E-state index contributed by atoms with van der Waals surface area (Å²) >= 11 is 0. The number of carbonyl (C=O) groups excluding carboxylic acids is 2. The molecule has 2 amide bonds. The Morgan fingerprint density at radius 2 is 1.04 bits per heavy atom. The zero-order chi connectivity index (χ0) is 67.1. The van der Waals surface area contributed by atoms with E-state index in [1.807, 2.05) is 69.5 Å². The maximum Gasteiger partial charge on any atom is 0.261 e. The standard InChI is InChI=1S/C29H34N6O2.C28H33N7O2.2CH4O3S/c1-7-28(36)31-23-16-24(27(37-6)17-26(23)34(4)15-13-19(2)3)33-29-30-14-12-22(32-29)21-18-35(5)25-11-9-8-10-20(21)25;1-7-27(36)30-22-16-23(26(37-6)17-25(22)34(4)15-14-33(2)3)32-28-29-13-12-21(31-28)20-18-35(5)24-11-9-8-10-19(20)24;2*1-5(2,3)4/h7-12,14,16-19H,1,13,15H2,2-6H3,(H,31,36)(H,30,32,33);7-13,16-18H,1,14-15H2,2-6H3,(H,30,36)(H,29,31,32);2*1H3,(H,2,3,4)/i2*5D3;;. The minimum absolute atomic E-state index is 0.274. The highest BCUT2D eigenvalue weighted by Gasteiger charge is 2.20. The molecule has 0 bridgehead atoms. The Bertz CT molecular complexity index is 3790. The smallest absolute Gasteiger partial charge is 0.261 e. The number of methoxy groups -OCH3 is 2. The first-order valence-corrected chi connectivity index (χ1v) is 29.4. The van der Waals surface area contributed by atoms with Crippen LogP contribution in [0.3, 0.4) is 0 Å². The summed E-state index contributed by atoms with van der Waals surface area (Å²) in [7, 11) is 3.70. The van der Waals surface area contributed by atoms with E-state index in [2.05, 4.69) is 78.0 Å². The van der Waals surface area contributed by atoms with Crippen molar-refractivity contribution in [3.8, 4) is 34.0 Å². The van der Waals surface area contributed by atoms with E-state index >= 15 is 0 Å². The van der Waals surface area contributed by atoms with Crippen molar-refractivity contribution < 1.29 is 53.2 Å². The van der Waals surface area contributed by atoms with Gasteiger partial charge in [0.2, 0.25) is 23.7 Å². The van der Waals surface area contributed by atoms with Crippen molar-refractivity contribution in [2.45, 2.75) is 20.3 Å². The van der Waals surface area contributed by atoms with Gasteiger partial charge in [-0.2, -0.15) is 16.8 Å². The number of aromatic nitrogens is 6. The number of aryl methyl sites for hydroxylation is 2. The molecule has 4 aromatic heterocycles. The molecule has 0 aliphatic heterocycles. The highest BCUT2D eigenvalue weighted by molar-refractivity contribution is 7.85. The second-order valence-corrected chi connectivity index (χ2v) is 22.4. The summed E-state index contributed by atoms with van der Waals surface area (Å²) < 4.78 is 113. The molecule has 8 aromatic rings. The summed E-state index contributed by atoms with van der Waals surface area (Å²) in [5.74, 6) is 1.46. The van der Waals surface area contributed by atoms with Crippen LogP contribution in [0.2, 0.25) is 0 Å². The molecule has 8 rings (SSSR count). The molecule has 6 N–H and O–H groups in total. The summed E-state index contributed by atoms with van der Waals surface area (Å²) in [6.07, 6.45) is 11.2. The predicted octanol–water partition coefficient (Wildman–Crippen LogP) is 9.51. The van der Waals surface area contributed by atoms with E-state index in [0.717, 1.165) is 48.2 Å². The number of rotatable bonds is 20. The number of benzene rings is 4. The topological polar surface area (TPSA) is 281 Å². The molecule has 448 valence electrons. The lowest BCUT2D eigenvalue weighted by Gasteiger charge is -2.26. The molecule has 0 aliphatic carbocycles. The van der Waals surface area contributed by atoms with Crippen LogP contribution in [-0.2, 0) is 43.8 Å². The maximum absolute atomic E-state index is 12.3. The third-order valence-corrected chi connectivity index (χ3v) is 12.0. The average molecular weight is 1200 g/mol. The van der Waals surface area contributed by atoms with Crippen molar-refractivity contribution in [3.05, 3.63) is 135 Å². The number of ether oxygens (including phenoxy) is 2. The molecular formula is C59H75N13O10S2. The molecule has 4 heterocycles. The molecule has 0 spiro atoms. The van der Waals surface area contributed by atoms with E-state index in [1.165, 1.54) is 21.3 Å². The van der Waals surface area contributed by atoms with Crippen LogP contribution >= 0.6 is 0 Å². The number of anilines is 8. The number of amides is 2. The van der Waals surface area contributed by atoms with Gasteiger partial charge in [-0.05, 0) is 75.0 Å². The summed E-state index contributed by atoms with van der Waals surface area (Å²) in [4.78, 5) is 48.8. The summed E-state index contributed by atoms with van der Waals surface area (Å²) in [5.41, 5.74) is 7.41. The minimum Gasteiger partial charge on any atom is -0.494 e. The van der Waals surface area contributed by atoms with Gasteiger partial charge in [-0.25, -0.2) is 19.9 Å². The highest BCUT2D eigenvalue weighted by Crippen LogP contribution is 2.40. The molecule has 0 fully saturated rings. The van der Waals surface area contributed by atoms with Crippen molar-refractivity contribution in [3.63, 3.8) is 0 Å². The van der Waals surface area contributed by atoms with Crippen molar-refractivity contribution in [2.24, 2.45) is 19.9 Å². The van der Waals surface area contributed by atoms with Crippen LogP contribution in [0, 0.1) is 5.92 Å². The second-order valence-electron chi connectivity index (χ2n) is 19.5. The normalized spacial score (nSPS) is 12.4. The Kier molecular flexibility index (Phi) is 20.3. The van der Waals surface area contributed by atoms with Crippen LogP contribution in [0.1, 0.15) is 28.5 Å². The first-order valence-electron chi connectivity index (χ1n) is 28.7. The van der Waals surface area contributed by atoms with E-state index in [-0.39, 0.29) is 23.7 Å². The van der Waals surface area contributed by atoms with Gasteiger partial charge in [-0.3, -0.25) is 18.7 Å². The van der Waals surface area contributed by atoms with Crippen molar-refractivity contribution in [2.75, 3.05) is 106 Å². The number of nitrogens with zero attached hydrogens (tertiary/aromatic N) is 9. The molecule has 0 saturated heterocycles. The molecule has 0 unspecified atom stereocenters. The molecule has 0 radical (unpaired) electrons. The molecule has 25 heteroatoms. The second kappa shape index (κ2) is 29.9. The van der Waals surface area contributed by atoms with Gasteiger partial charge in [-0.1, -0.05) is 63.4 Å². The zero-order valence-electron chi connectivity index (χ0n) is 54.4. The number of para-hydroxylation sites is 2. The first kappa shape index (κ1) is 57.0. The van der Waals surface area contributed by atoms with Gasteiger partial charge in [0.25, 0.3) is 20.2 Å². The number of hydrogen-bond donors (Lipinski definition) is 6. The highest BCUT2D eigenvalue weighted by atomic mass is 32.2. The van der Waals surface area contributed by atoms with Gasteiger partial charge in [0.1, 0.15) is 11.5 Å². The average Bonchev–Trinajstić information content (AvgIpc) is 1.66. The maximum atomic E-state index is 12.3. The fourth-order valence-corrected chi connectivity index (χ4v) is 8.06. The van der Waals surface area contributed by atoms with Gasteiger partial charge in [0.05, 0.1) is 72.2 Å². The van der Waals surface area contributed by atoms with E-state index in [0.29, 0.717) is 86.2 Å². The van der Waals surface area contributed by atoms with E-state index in [1.54, 1.807) is 87.5 Å². The summed E-state index contributed by atoms with van der Waals surface area (Å²) in [6, 6.07) is 25.3. The third kappa shape index (κ3) is 19.7. The van der Waals surface area contributed by atoms with Crippen molar-refractivity contribution >= 4 is 99.9 Å². The molecule has 0 atom stereocenters. The number of carbonyl (C=O) groups is 2. The Labute approximate surface area is 500 Å². The van der Waals surface area contributed by atoms with Gasteiger partial charge in [-0.15, -0.1) is 0 Å². The van der Waals surface area contributed by atoms with Crippen molar-refractivity contribution in [1.82, 2.24) is 34.0 Å². The molecule has 0 saturated carbocycles. The van der Waals surface area contributed by atoms with E-state index < -0.39 is 34.2 Å². The van der Waals surface area contributed by atoms with Crippen LogP contribution in [-0.4, -0.2) is 146 Å². The van der Waals surface area contributed by atoms with E-state index in [9.17, 15) is 26.4 Å². The zero-order valence-corrected chi connectivity index (χ0v) is 50.0. The lowest BCUT2D eigenvalue weighted by Crippen LogP contribution is -2.29. The van der Waals surface area contributed by atoms with Gasteiger partial charge in [0, 0.05) is 126 Å². The van der Waals surface area contributed by atoms with Crippen LogP contribution in [0.15, 0.2) is 135 Å². The number of fused-ring (bicyclic) bond motifs is 2. The SMILES string of the molecule is CS(=O)(=O)O.CS(=O)(=O)O.[2H]C([2H])([2H])n1cc(-c2ccnc(Nc3cc(NC(=O)C=C)c(N(C)CCC(C)C)cc3OC)n2)c2ccccc21.[2H]C([2H])([2H])n1cc(-c2ccnc(Nc3cc(NC(=O)C=C)c(N(C)CCN(C)C)cc3OC)n2)c2ccccc21. The van der Waals surface area contributed by atoms with E-state index in [4.69, 9.17) is 26.8 Å². The predicted molar refractivity (Wildman–Crippen MR) is 338 cm³/mol. The van der Waals surface area contributed by atoms with Crippen LogP contribution in [0.25, 0.3) is 44.3 Å². The lowest BCUT2D eigenvalue weighted by atomic mass is 10.1. The Balaban J connectivity index is 0.000000284. The third-order valence-electron chi connectivity index (χ3n) is 12.0. The lowest BCUT2D eigenvalue weighted by molar-refractivity contribution is -0.112. The summed E-state index contributed by atoms with van der Waals surface area (Å²) in [5, 5.41) is 13.7. The molecule has 23 nitrogen and oxygen atoms in total.